The molecule has 3 aliphatic rings. The number of hydrogen-bond donors (Lipinski definition) is 0. The minimum absolute atomic E-state index is 0.0215. The number of carbonyl (C=O) groups excluding carboxylic acids is 1. The summed E-state index contributed by atoms with van der Waals surface area (Å²) in [7, 11) is 0. The van der Waals surface area contributed by atoms with Crippen molar-refractivity contribution in [2.24, 2.45) is 0 Å². The second-order valence-electron chi connectivity index (χ2n) is 7.93. The Labute approximate surface area is 158 Å². The Morgan fingerprint density at radius 2 is 1.70 bits per heavy atom. The van der Waals surface area contributed by atoms with E-state index in [1.54, 1.807) is 12.1 Å². The highest BCUT2D eigenvalue weighted by atomic mass is 19.1. The average Bonchev–Trinajstić information content (AvgIpc) is 3.62. The van der Waals surface area contributed by atoms with E-state index in [0.717, 1.165) is 25.5 Å². The first-order valence-corrected chi connectivity index (χ1v) is 9.90. The van der Waals surface area contributed by atoms with Crippen LogP contribution in [0.3, 0.4) is 0 Å². The summed E-state index contributed by atoms with van der Waals surface area (Å²) >= 11 is 0. The lowest BCUT2D eigenvalue weighted by Crippen LogP contribution is -2.48. The molecule has 1 saturated heterocycles. The third kappa shape index (κ3) is 3.48. The molecule has 0 atom stereocenters. The highest BCUT2D eigenvalue weighted by molar-refractivity contribution is 5.94. The summed E-state index contributed by atoms with van der Waals surface area (Å²) in [5.41, 5.74) is 0.549. The molecule has 142 valence electrons. The lowest BCUT2D eigenvalue weighted by molar-refractivity contribution is 0.0623. The number of aromatic nitrogens is 3. The van der Waals surface area contributed by atoms with Crippen molar-refractivity contribution in [2.45, 2.75) is 44.2 Å². The fourth-order valence-corrected chi connectivity index (χ4v) is 3.88. The number of rotatable bonds is 5. The molecule has 0 bridgehead atoms. The molecule has 2 aromatic rings. The average molecular weight is 369 g/mol. The van der Waals surface area contributed by atoms with Crippen LogP contribution in [0.25, 0.3) is 0 Å². The Morgan fingerprint density at radius 3 is 2.33 bits per heavy atom. The molecule has 1 aliphatic heterocycles. The van der Waals surface area contributed by atoms with E-state index in [4.69, 9.17) is 0 Å². The zero-order valence-electron chi connectivity index (χ0n) is 15.4. The molecule has 0 N–H and O–H groups in total. The monoisotopic (exact) mass is 369 g/mol. The van der Waals surface area contributed by atoms with Crippen LogP contribution in [-0.4, -0.2) is 56.7 Å². The lowest BCUT2D eigenvalue weighted by atomic mass is 10.2. The second kappa shape index (κ2) is 6.71. The van der Waals surface area contributed by atoms with E-state index in [0.29, 0.717) is 30.6 Å². The number of piperazine rings is 1. The van der Waals surface area contributed by atoms with Gasteiger partial charge in [-0.1, -0.05) is 0 Å². The standard InChI is InChI=1S/C20H24FN5O/c21-16-5-3-15(4-6-16)20(27)25-11-9-24(10-12-25)13-18-22-23-19(14-1-2-14)26(18)17-7-8-17/h3-6,14,17H,1-2,7-13H2. The molecule has 1 aromatic heterocycles. The molecule has 3 fully saturated rings. The van der Waals surface area contributed by atoms with Gasteiger partial charge in [0.05, 0.1) is 6.54 Å². The second-order valence-corrected chi connectivity index (χ2v) is 7.93. The van der Waals surface area contributed by atoms with Crippen molar-refractivity contribution in [3.63, 3.8) is 0 Å². The molecule has 2 heterocycles. The number of benzene rings is 1. The summed E-state index contributed by atoms with van der Waals surface area (Å²) in [6, 6.07) is 6.40. The molecule has 2 saturated carbocycles. The third-order valence-electron chi connectivity index (χ3n) is 5.76. The van der Waals surface area contributed by atoms with Crippen molar-refractivity contribution in [3.8, 4) is 0 Å². The lowest BCUT2D eigenvalue weighted by Gasteiger charge is -2.34. The van der Waals surface area contributed by atoms with Crippen LogP contribution in [0.15, 0.2) is 24.3 Å². The SMILES string of the molecule is O=C(c1ccc(F)cc1)N1CCN(Cc2nnc(C3CC3)n2C2CC2)CC1. The Morgan fingerprint density at radius 1 is 1.00 bits per heavy atom. The number of halogens is 1. The molecule has 1 amide bonds. The Bertz CT molecular complexity index is 833. The maximum Gasteiger partial charge on any atom is 0.253 e. The van der Waals surface area contributed by atoms with Crippen LogP contribution in [0.1, 0.15) is 59.6 Å². The number of nitrogens with zero attached hydrogens (tertiary/aromatic N) is 5. The molecule has 1 aromatic carbocycles. The van der Waals surface area contributed by atoms with E-state index in [9.17, 15) is 9.18 Å². The summed E-state index contributed by atoms with van der Waals surface area (Å²) in [5, 5.41) is 8.98. The summed E-state index contributed by atoms with van der Waals surface area (Å²) in [4.78, 5) is 16.8. The molecule has 0 spiro atoms. The van der Waals surface area contributed by atoms with Crippen molar-refractivity contribution < 1.29 is 9.18 Å². The zero-order valence-corrected chi connectivity index (χ0v) is 15.4. The van der Waals surface area contributed by atoms with Gasteiger partial charge >= 0.3 is 0 Å². The van der Waals surface area contributed by atoms with E-state index in [1.807, 2.05) is 4.90 Å². The minimum Gasteiger partial charge on any atom is -0.336 e. The van der Waals surface area contributed by atoms with Gasteiger partial charge < -0.3 is 9.47 Å². The minimum atomic E-state index is -0.318. The van der Waals surface area contributed by atoms with Crippen LogP contribution in [0.2, 0.25) is 0 Å². The fourth-order valence-electron chi connectivity index (χ4n) is 3.88. The van der Waals surface area contributed by atoms with E-state index in [-0.39, 0.29) is 11.7 Å². The number of amides is 1. The van der Waals surface area contributed by atoms with Gasteiger partial charge in [0.15, 0.2) is 0 Å². The van der Waals surface area contributed by atoms with Crippen molar-refractivity contribution in [1.82, 2.24) is 24.6 Å². The fraction of sp³-hybridized carbons (Fsp3) is 0.550. The third-order valence-corrected chi connectivity index (χ3v) is 5.76. The normalized spacial score (nSPS) is 20.9. The first-order chi connectivity index (χ1) is 13.2. The van der Waals surface area contributed by atoms with Crippen LogP contribution in [0.4, 0.5) is 4.39 Å². The molecule has 2 aliphatic carbocycles. The van der Waals surface area contributed by atoms with Gasteiger partial charge in [0.2, 0.25) is 0 Å². The van der Waals surface area contributed by atoms with Gasteiger partial charge in [-0.2, -0.15) is 0 Å². The number of carbonyl (C=O) groups is 1. The molecule has 5 rings (SSSR count). The zero-order chi connectivity index (χ0) is 18.4. The molecular formula is C20H24FN5O. The van der Waals surface area contributed by atoms with Crippen molar-refractivity contribution >= 4 is 5.91 Å². The molecule has 0 radical (unpaired) electrons. The summed E-state index contributed by atoms with van der Waals surface area (Å²) in [5.74, 6) is 2.56. The summed E-state index contributed by atoms with van der Waals surface area (Å²) in [6.45, 7) is 3.81. The predicted octanol–water partition coefficient (Wildman–Crippen LogP) is 2.59. The van der Waals surface area contributed by atoms with Crippen molar-refractivity contribution in [3.05, 3.63) is 47.3 Å². The Kier molecular flexibility index (Phi) is 4.19. The van der Waals surface area contributed by atoms with E-state index < -0.39 is 0 Å². The van der Waals surface area contributed by atoms with Crippen molar-refractivity contribution in [1.29, 1.82) is 0 Å². The van der Waals surface area contributed by atoms with Gasteiger partial charge in [-0.3, -0.25) is 9.69 Å². The van der Waals surface area contributed by atoms with Crippen molar-refractivity contribution in [2.75, 3.05) is 26.2 Å². The van der Waals surface area contributed by atoms with Gasteiger partial charge in [0, 0.05) is 43.7 Å². The summed E-state index contributed by atoms with van der Waals surface area (Å²) < 4.78 is 15.5. The van der Waals surface area contributed by atoms with Gasteiger partial charge in [-0.05, 0) is 49.9 Å². The Balaban J connectivity index is 1.21. The highest BCUT2D eigenvalue weighted by Crippen LogP contribution is 2.44. The van der Waals surface area contributed by atoms with Gasteiger partial charge in [-0.15, -0.1) is 10.2 Å². The van der Waals surface area contributed by atoms with Gasteiger partial charge in [0.25, 0.3) is 5.91 Å². The predicted molar refractivity (Wildman–Crippen MR) is 97.8 cm³/mol. The molecule has 7 heteroatoms. The van der Waals surface area contributed by atoms with Gasteiger partial charge in [-0.25, -0.2) is 4.39 Å². The largest absolute Gasteiger partial charge is 0.336 e. The quantitative estimate of drug-likeness (QED) is 0.813. The molecule has 6 nitrogen and oxygen atoms in total. The topological polar surface area (TPSA) is 54.3 Å². The first-order valence-electron chi connectivity index (χ1n) is 9.90. The van der Waals surface area contributed by atoms with E-state index in [2.05, 4.69) is 19.7 Å². The summed E-state index contributed by atoms with van der Waals surface area (Å²) in [6.07, 6.45) is 4.97. The number of hydrogen-bond acceptors (Lipinski definition) is 4. The Hall–Kier alpha value is -2.28. The smallest absolute Gasteiger partial charge is 0.253 e. The molecule has 0 unspecified atom stereocenters. The van der Waals surface area contributed by atoms with E-state index >= 15 is 0 Å². The van der Waals surface area contributed by atoms with Gasteiger partial charge in [0.1, 0.15) is 17.5 Å². The van der Waals surface area contributed by atoms with Crippen LogP contribution in [0, 0.1) is 5.82 Å². The van der Waals surface area contributed by atoms with Crippen LogP contribution >= 0.6 is 0 Å². The molecule has 27 heavy (non-hydrogen) atoms. The maximum absolute atomic E-state index is 13.1. The van der Waals surface area contributed by atoms with Crippen LogP contribution in [-0.2, 0) is 6.54 Å². The highest BCUT2D eigenvalue weighted by Gasteiger charge is 2.36. The van der Waals surface area contributed by atoms with Crippen LogP contribution < -0.4 is 0 Å². The van der Waals surface area contributed by atoms with E-state index in [1.165, 1.54) is 43.6 Å². The first kappa shape index (κ1) is 16.9. The molecular weight excluding hydrogens is 345 g/mol. The van der Waals surface area contributed by atoms with Crippen LogP contribution in [0.5, 0.6) is 0 Å². The maximum atomic E-state index is 13.1.